The first-order valence-electron chi connectivity index (χ1n) is 6.44. The van der Waals surface area contributed by atoms with Crippen LogP contribution in [0.2, 0.25) is 0 Å². The molecule has 1 heterocycles. The Kier molecular flexibility index (Phi) is 3.59. The van der Waals surface area contributed by atoms with E-state index in [2.05, 4.69) is 5.32 Å². The molecule has 0 aliphatic rings. The molecule has 1 aromatic heterocycles. The molecule has 0 fully saturated rings. The quantitative estimate of drug-likeness (QED) is 0.631. The summed E-state index contributed by atoms with van der Waals surface area (Å²) in [7, 11) is 0. The van der Waals surface area contributed by atoms with Crippen LogP contribution in [0.1, 0.15) is 17.8 Å². The SMILES string of the molecule is CC(Nc1cc(F)c(F)c(F)c1)c1cc2ccccc2s1. The van der Waals surface area contributed by atoms with E-state index in [1.54, 1.807) is 11.3 Å². The largest absolute Gasteiger partial charge is 0.378 e. The summed E-state index contributed by atoms with van der Waals surface area (Å²) in [6, 6.07) is 11.8. The van der Waals surface area contributed by atoms with Gasteiger partial charge in [0.25, 0.3) is 0 Å². The van der Waals surface area contributed by atoms with E-state index in [0.29, 0.717) is 0 Å². The second kappa shape index (κ2) is 5.41. The molecule has 0 bridgehead atoms. The van der Waals surface area contributed by atoms with Gasteiger partial charge in [-0.15, -0.1) is 11.3 Å². The van der Waals surface area contributed by atoms with E-state index >= 15 is 0 Å². The summed E-state index contributed by atoms with van der Waals surface area (Å²) < 4.78 is 40.5. The number of hydrogen-bond acceptors (Lipinski definition) is 2. The van der Waals surface area contributed by atoms with E-state index in [1.807, 2.05) is 37.3 Å². The van der Waals surface area contributed by atoms with Crippen molar-refractivity contribution in [2.75, 3.05) is 5.32 Å². The molecule has 3 rings (SSSR count). The maximum absolute atomic E-state index is 13.2. The van der Waals surface area contributed by atoms with E-state index < -0.39 is 17.5 Å². The highest BCUT2D eigenvalue weighted by molar-refractivity contribution is 7.19. The van der Waals surface area contributed by atoms with Gasteiger partial charge in [0, 0.05) is 27.4 Å². The zero-order valence-electron chi connectivity index (χ0n) is 11.2. The van der Waals surface area contributed by atoms with Crippen LogP contribution in [-0.2, 0) is 0 Å². The molecular formula is C16H12F3NS. The molecule has 108 valence electrons. The lowest BCUT2D eigenvalue weighted by atomic mass is 10.2. The van der Waals surface area contributed by atoms with Gasteiger partial charge in [0.15, 0.2) is 17.5 Å². The fourth-order valence-corrected chi connectivity index (χ4v) is 3.24. The number of fused-ring (bicyclic) bond motifs is 1. The Morgan fingerprint density at radius 1 is 1.00 bits per heavy atom. The van der Waals surface area contributed by atoms with E-state index in [4.69, 9.17) is 0 Å². The fraction of sp³-hybridized carbons (Fsp3) is 0.125. The molecule has 0 amide bonds. The molecule has 5 heteroatoms. The Morgan fingerprint density at radius 2 is 1.67 bits per heavy atom. The summed E-state index contributed by atoms with van der Waals surface area (Å²) in [6.45, 7) is 1.89. The molecule has 1 atom stereocenters. The second-order valence-corrected chi connectivity index (χ2v) is 5.92. The summed E-state index contributed by atoms with van der Waals surface area (Å²) in [5.74, 6) is -3.84. The summed E-state index contributed by atoms with van der Waals surface area (Å²) in [5, 5.41) is 4.12. The molecular weight excluding hydrogens is 295 g/mol. The molecule has 0 saturated heterocycles. The van der Waals surface area contributed by atoms with Gasteiger partial charge >= 0.3 is 0 Å². The fourth-order valence-electron chi connectivity index (χ4n) is 2.18. The number of halogens is 3. The third-order valence-corrected chi connectivity index (χ3v) is 4.54. The highest BCUT2D eigenvalue weighted by Crippen LogP contribution is 2.31. The van der Waals surface area contributed by atoms with Crippen LogP contribution in [0, 0.1) is 17.5 Å². The summed E-state index contributed by atoms with van der Waals surface area (Å²) >= 11 is 1.61. The van der Waals surface area contributed by atoms with Crippen molar-refractivity contribution < 1.29 is 13.2 Å². The number of hydrogen-bond donors (Lipinski definition) is 1. The van der Waals surface area contributed by atoms with Crippen LogP contribution in [-0.4, -0.2) is 0 Å². The van der Waals surface area contributed by atoms with E-state index in [0.717, 1.165) is 27.1 Å². The minimum atomic E-state index is -1.45. The molecule has 0 spiro atoms. The van der Waals surface area contributed by atoms with Crippen LogP contribution in [0.3, 0.4) is 0 Å². The Morgan fingerprint density at radius 3 is 2.33 bits per heavy atom. The third-order valence-electron chi connectivity index (χ3n) is 3.24. The predicted molar refractivity (Wildman–Crippen MR) is 80.2 cm³/mol. The normalized spacial score (nSPS) is 12.6. The first kappa shape index (κ1) is 13.9. The highest BCUT2D eigenvalue weighted by Gasteiger charge is 2.14. The Hall–Kier alpha value is -2.01. The maximum Gasteiger partial charge on any atom is 0.194 e. The van der Waals surface area contributed by atoms with Gasteiger partial charge in [-0.3, -0.25) is 0 Å². The zero-order valence-corrected chi connectivity index (χ0v) is 12.0. The van der Waals surface area contributed by atoms with Crippen LogP contribution in [0.25, 0.3) is 10.1 Å². The molecule has 0 saturated carbocycles. The predicted octanol–water partition coefficient (Wildman–Crippen LogP) is 5.49. The van der Waals surface area contributed by atoms with E-state index in [-0.39, 0.29) is 11.7 Å². The molecule has 0 aliphatic heterocycles. The highest BCUT2D eigenvalue weighted by atomic mass is 32.1. The summed E-state index contributed by atoms with van der Waals surface area (Å²) in [4.78, 5) is 1.04. The minimum Gasteiger partial charge on any atom is -0.378 e. The standard InChI is InChI=1S/C16H12F3NS/c1-9(15-6-10-4-2-3-5-14(10)21-15)20-11-7-12(17)16(19)13(18)8-11/h2-9,20H,1H3. The molecule has 1 nitrogen and oxygen atoms in total. The monoisotopic (exact) mass is 307 g/mol. The Labute approximate surface area is 124 Å². The number of anilines is 1. The maximum atomic E-state index is 13.2. The average Bonchev–Trinajstić information content (AvgIpc) is 2.88. The first-order chi connectivity index (χ1) is 10.0. The van der Waals surface area contributed by atoms with Crippen LogP contribution in [0.15, 0.2) is 42.5 Å². The molecule has 2 aromatic carbocycles. The molecule has 0 aliphatic carbocycles. The molecule has 1 N–H and O–H groups in total. The van der Waals surface area contributed by atoms with Crippen molar-refractivity contribution in [1.29, 1.82) is 0 Å². The lowest BCUT2D eigenvalue weighted by Crippen LogP contribution is -2.06. The lowest BCUT2D eigenvalue weighted by Gasteiger charge is -2.14. The number of benzene rings is 2. The summed E-state index contributed by atoms with van der Waals surface area (Å²) in [5.41, 5.74) is 0.219. The van der Waals surface area contributed by atoms with Crippen molar-refractivity contribution in [2.45, 2.75) is 13.0 Å². The molecule has 21 heavy (non-hydrogen) atoms. The van der Waals surface area contributed by atoms with Crippen molar-refractivity contribution in [3.05, 3.63) is 64.8 Å². The van der Waals surface area contributed by atoms with Gasteiger partial charge in [-0.2, -0.15) is 0 Å². The van der Waals surface area contributed by atoms with Crippen molar-refractivity contribution in [2.24, 2.45) is 0 Å². The smallest absolute Gasteiger partial charge is 0.194 e. The van der Waals surface area contributed by atoms with Crippen LogP contribution in [0.4, 0.5) is 18.9 Å². The minimum absolute atomic E-state index is 0.133. The summed E-state index contributed by atoms with van der Waals surface area (Å²) in [6.07, 6.45) is 0. The Bertz CT molecular complexity index is 741. The van der Waals surface area contributed by atoms with Gasteiger partial charge in [-0.25, -0.2) is 13.2 Å². The van der Waals surface area contributed by atoms with E-state index in [9.17, 15) is 13.2 Å². The second-order valence-electron chi connectivity index (χ2n) is 4.81. The van der Waals surface area contributed by atoms with Gasteiger partial charge in [0.05, 0.1) is 6.04 Å². The van der Waals surface area contributed by atoms with E-state index in [1.165, 1.54) is 0 Å². The van der Waals surface area contributed by atoms with Gasteiger partial charge < -0.3 is 5.32 Å². The van der Waals surface area contributed by atoms with Crippen molar-refractivity contribution >= 4 is 27.1 Å². The zero-order chi connectivity index (χ0) is 15.0. The van der Waals surface area contributed by atoms with Crippen molar-refractivity contribution in [1.82, 2.24) is 0 Å². The van der Waals surface area contributed by atoms with Crippen molar-refractivity contribution in [3.8, 4) is 0 Å². The van der Waals surface area contributed by atoms with Gasteiger partial charge in [-0.05, 0) is 24.4 Å². The Balaban J connectivity index is 1.87. The van der Waals surface area contributed by atoms with Gasteiger partial charge in [0.2, 0.25) is 0 Å². The molecule has 1 unspecified atom stereocenters. The van der Waals surface area contributed by atoms with Crippen LogP contribution < -0.4 is 5.32 Å². The average molecular weight is 307 g/mol. The van der Waals surface area contributed by atoms with Crippen molar-refractivity contribution in [3.63, 3.8) is 0 Å². The van der Waals surface area contributed by atoms with Crippen LogP contribution in [0.5, 0.6) is 0 Å². The topological polar surface area (TPSA) is 12.0 Å². The van der Waals surface area contributed by atoms with Gasteiger partial charge in [0.1, 0.15) is 0 Å². The number of nitrogens with one attached hydrogen (secondary N) is 1. The molecule has 3 aromatic rings. The lowest BCUT2D eigenvalue weighted by molar-refractivity contribution is 0.447. The number of thiophene rings is 1. The third kappa shape index (κ3) is 2.74. The number of rotatable bonds is 3. The van der Waals surface area contributed by atoms with Gasteiger partial charge in [-0.1, -0.05) is 18.2 Å². The molecule has 0 radical (unpaired) electrons. The first-order valence-corrected chi connectivity index (χ1v) is 7.26. The van der Waals surface area contributed by atoms with Crippen LogP contribution >= 0.6 is 11.3 Å².